The van der Waals surface area contributed by atoms with Crippen molar-refractivity contribution >= 4 is 17.5 Å². The molecule has 8 heteroatoms. The van der Waals surface area contributed by atoms with Crippen LogP contribution in [0.5, 0.6) is 11.6 Å². The lowest BCUT2D eigenvalue weighted by atomic mass is 10.2. The highest BCUT2D eigenvalue weighted by atomic mass is 16.5. The van der Waals surface area contributed by atoms with Crippen LogP contribution in [-0.2, 0) is 11.3 Å². The highest BCUT2D eigenvalue weighted by molar-refractivity contribution is 6.02. The van der Waals surface area contributed by atoms with Crippen molar-refractivity contribution in [3.63, 3.8) is 0 Å². The second-order valence-electron chi connectivity index (χ2n) is 5.70. The molecule has 0 aliphatic carbocycles. The van der Waals surface area contributed by atoms with Gasteiger partial charge in [0.1, 0.15) is 5.75 Å². The summed E-state index contributed by atoms with van der Waals surface area (Å²) in [5.74, 6) is 0.452. The summed E-state index contributed by atoms with van der Waals surface area (Å²) in [5.41, 5.74) is 1.29. The van der Waals surface area contributed by atoms with Crippen molar-refractivity contribution in [2.24, 2.45) is 0 Å². The number of hydrogen-bond donors (Lipinski definition) is 2. The molecule has 0 unspecified atom stereocenters. The molecule has 0 radical (unpaired) electrons. The molecule has 0 fully saturated rings. The van der Waals surface area contributed by atoms with Gasteiger partial charge in [-0.3, -0.25) is 9.59 Å². The largest absolute Gasteiger partial charge is 0.484 e. The van der Waals surface area contributed by atoms with Crippen LogP contribution in [0.2, 0.25) is 0 Å². The van der Waals surface area contributed by atoms with Gasteiger partial charge in [-0.2, -0.15) is 0 Å². The molecule has 3 aromatic rings. The van der Waals surface area contributed by atoms with E-state index in [2.05, 4.69) is 15.6 Å². The predicted octanol–water partition coefficient (Wildman–Crippen LogP) is 2.63. The van der Waals surface area contributed by atoms with Gasteiger partial charge in [-0.25, -0.2) is 4.98 Å². The fourth-order valence-corrected chi connectivity index (χ4v) is 2.40. The highest BCUT2D eigenvalue weighted by Gasteiger charge is 2.10. The summed E-state index contributed by atoms with van der Waals surface area (Å²) in [7, 11) is 1.52. The van der Waals surface area contributed by atoms with Crippen LogP contribution in [0.25, 0.3) is 0 Å². The van der Waals surface area contributed by atoms with Crippen molar-refractivity contribution in [1.29, 1.82) is 0 Å². The van der Waals surface area contributed by atoms with Gasteiger partial charge in [0.05, 0.1) is 13.4 Å². The first kappa shape index (κ1) is 19.0. The number of nitrogens with zero attached hydrogens (tertiary/aromatic N) is 1. The Morgan fingerprint density at radius 1 is 1.14 bits per heavy atom. The Morgan fingerprint density at radius 3 is 2.82 bits per heavy atom. The van der Waals surface area contributed by atoms with Crippen LogP contribution in [0.3, 0.4) is 0 Å². The molecule has 3 rings (SSSR count). The zero-order valence-corrected chi connectivity index (χ0v) is 15.2. The van der Waals surface area contributed by atoms with Crippen molar-refractivity contribution in [1.82, 2.24) is 10.3 Å². The molecule has 0 saturated heterocycles. The molecule has 1 aromatic carbocycles. The first-order valence-electron chi connectivity index (χ1n) is 8.48. The van der Waals surface area contributed by atoms with E-state index >= 15 is 0 Å². The molecule has 144 valence electrons. The lowest BCUT2D eigenvalue weighted by Crippen LogP contribution is -2.28. The van der Waals surface area contributed by atoms with Crippen LogP contribution in [0.15, 0.2) is 65.4 Å². The summed E-state index contributed by atoms with van der Waals surface area (Å²) in [6, 6.07) is 13.5. The number of anilines is 1. The van der Waals surface area contributed by atoms with Crippen molar-refractivity contribution in [2.75, 3.05) is 19.0 Å². The maximum atomic E-state index is 12.0. The SMILES string of the molecule is COc1ncccc1CNC(=O)COc1cccc(NC(=O)c2ccco2)c1. The molecular formula is C20H19N3O5. The highest BCUT2D eigenvalue weighted by Crippen LogP contribution is 2.18. The second-order valence-corrected chi connectivity index (χ2v) is 5.70. The third-order valence-electron chi connectivity index (χ3n) is 3.73. The molecule has 0 atom stereocenters. The molecule has 2 N–H and O–H groups in total. The molecule has 0 spiro atoms. The third kappa shape index (κ3) is 5.10. The zero-order valence-electron chi connectivity index (χ0n) is 15.2. The van der Waals surface area contributed by atoms with E-state index < -0.39 is 0 Å². The summed E-state index contributed by atoms with van der Waals surface area (Å²) in [6.07, 6.45) is 3.04. The Kier molecular flexibility index (Phi) is 6.25. The lowest BCUT2D eigenvalue weighted by Gasteiger charge is -2.10. The minimum atomic E-state index is -0.370. The maximum Gasteiger partial charge on any atom is 0.291 e. The fourth-order valence-electron chi connectivity index (χ4n) is 2.40. The normalized spacial score (nSPS) is 10.2. The summed E-state index contributed by atoms with van der Waals surface area (Å²) in [5, 5.41) is 5.44. The van der Waals surface area contributed by atoms with E-state index in [1.54, 1.807) is 48.7 Å². The van der Waals surface area contributed by atoms with Crippen molar-refractivity contribution in [3.8, 4) is 11.6 Å². The Balaban J connectivity index is 1.50. The number of rotatable bonds is 8. The number of benzene rings is 1. The number of methoxy groups -OCH3 is 1. The zero-order chi connectivity index (χ0) is 19.8. The molecule has 0 bridgehead atoms. The first-order chi connectivity index (χ1) is 13.7. The quantitative estimate of drug-likeness (QED) is 0.622. The van der Waals surface area contributed by atoms with Gasteiger partial charge < -0.3 is 24.5 Å². The second kappa shape index (κ2) is 9.22. The van der Waals surface area contributed by atoms with E-state index in [0.29, 0.717) is 17.3 Å². The van der Waals surface area contributed by atoms with Crippen LogP contribution in [0.1, 0.15) is 16.1 Å². The summed E-state index contributed by atoms with van der Waals surface area (Å²) >= 11 is 0. The van der Waals surface area contributed by atoms with Gasteiger partial charge in [-0.05, 0) is 30.3 Å². The summed E-state index contributed by atoms with van der Waals surface area (Å²) < 4.78 is 15.7. The molecule has 2 aromatic heterocycles. The minimum Gasteiger partial charge on any atom is -0.484 e. The topological polar surface area (TPSA) is 103 Å². The Labute approximate surface area is 161 Å². The van der Waals surface area contributed by atoms with Crippen LogP contribution in [0.4, 0.5) is 5.69 Å². The lowest BCUT2D eigenvalue weighted by molar-refractivity contribution is -0.123. The number of pyridine rings is 1. The Bertz CT molecular complexity index is 941. The molecule has 0 saturated carbocycles. The minimum absolute atomic E-state index is 0.168. The van der Waals surface area contributed by atoms with Crippen LogP contribution < -0.4 is 20.1 Å². The number of carbonyl (C=O) groups excluding carboxylic acids is 2. The number of aromatic nitrogens is 1. The van der Waals surface area contributed by atoms with E-state index in [0.717, 1.165) is 5.56 Å². The fraction of sp³-hybridized carbons (Fsp3) is 0.150. The maximum absolute atomic E-state index is 12.0. The van der Waals surface area contributed by atoms with Gasteiger partial charge in [-0.15, -0.1) is 0 Å². The molecule has 2 heterocycles. The van der Waals surface area contributed by atoms with Gasteiger partial charge in [0, 0.05) is 30.1 Å². The Morgan fingerprint density at radius 2 is 2.04 bits per heavy atom. The smallest absolute Gasteiger partial charge is 0.291 e. The van der Waals surface area contributed by atoms with Crippen LogP contribution in [-0.4, -0.2) is 30.5 Å². The molecule has 28 heavy (non-hydrogen) atoms. The monoisotopic (exact) mass is 381 g/mol. The van der Waals surface area contributed by atoms with Gasteiger partial charge in [0.2, 0.25) is 5.88 Å². The predicted molar refractivity (Wildman–Crippen MR) is 101 cm³/mol. The molecule has 0 aliphatic rings. The molecule has 8 nitrogen and oxygen atoms in total. The van der Waals surface area contributed by atoms with Gasteiger partial charge >= 0.3 is 0 Å². The average molecular weight is 381 g/mol. The summed E-state index contributed by atoms with van der Waals surface area (Å²) in [6.45, 7) is 0.108. The number of nitrogens with one attached hydrogen (secondary N) is 2. The van der Waals surface area contributed by atoms with E-state index in [1.807, 2.05) is 6.07 Å². The summed E-state index contributed by atoms with van der Waals surface area (Å²) in [4.78, 5) is 28.1. The van der Waals surface area contributed by atoms with Crippen molar-refractivity contribution in [2.45, 2.75) is 6.54 Å². The van der Waals surface area contributed by atoms with Gasteiger partial charge in [-0.1, -0.05) is 12.1 Å². The molecular weight excluding hydrogens is 362 g/mol. The number of ether oxygens (including phenoxy) is 2. The van der Waals surface area contributed by atoms with Crippen molar-refractivity contribution in [3.05, 3.63) is 72.3 Å². The number of carbonyl (C=O) groups is 2. The third-order valence-corrected chi connectivity index (χ3v) is 3.73. The number of amides is 2. The first-order valence-corrected chi connectivity index (χ1v) is 8.48. The number of furan rings is 1. The molecule has 2 amide bonds. The molecule has 0 aliphatic heterocycles. The Hall–Kier alpha value is -3.81. The van der Waals surface area contributed by atoms with E-state index in [9.17, 15) is 9.59 Å². The van der Waals surface area contributed by atoms with E-state index in [-0.39, 0.29) is 30.7 Å². The van der Waals surface area contributed by atoms with Gasteiger partial charge in [0.25, 0.3) is 11.8 Å². The standard InChI is InChI=1S/C20H19N3O5/c1-26-20-14(5-3-9-21-20)12-22-18(24)13-28-16-7-2-6-15(11-16)23-19(25)17-8-4-10-27-17/h2-11H,12-13H2,1H3,(H,22,24)(H,23,25). The van der Waals surface area contributed by atoms with Gasteiger partial charge in [0.15, 0.2) is 12.4 Å². The van der Waals surface area contributed by atoms with Crippen LogP contribution in [0, 0.1) is 0 Å². The number of hydrogen-bond acceptors (Lipinski definition) is 6. The average Bonchev–Trinajstić information content (AvgIpc) is 3.26. The van der Waals surface area contributed by atoms with Crippen molar-refractivity contribution < 1.29 is 23.5 Å². The van der Waals surface area contributed by atoms with E-state index in [4.69, 9.17) is 13.9 Å². The van der Waals surface area contributed by atoms with E-state index in [1.165, 1.54) is 13.4 Å². The van der Waals surface area contributed by atoms with Crippen LogP contribution >= 0.6 is 0 Å².